The SMILES string of the molecule is NC1=[NH+]C(=O)S/C1=C\c1ccc(Cl)cc1. The number of nitrogens with two attached hydrogens (primary N) is 1. The minimum Gasteiger partial charge on any atom is -0.286 e. The van der Waals surface area contributed by atoms with Gasteiger partial charge in [0.15, 0.2) is 0 Å². The molecule has 1 heterocycles. The Bertz CT molecular complexity index is 465. The molecule has 3 N–H and O–H groups in total. The van der Waals surface area contributed by atoms with Crippen molar-refractivity contribution in [3.8, 4) is 0 Å². The molecule has 0 radical (unpaired) electrons. The molecular weight excluding hydrogens is 232 g/mol. The Morgan fingerprint density at radius 2 is 2.00 bits per heavy atom. The van der Waals surface area contributed by atoms with Gasteiger partial charge in [-0.25, -0.2) is 4.79 Å². The van der Waals surface area contributed by atoms with E-state index in [0.717, 1.165) is 22.2 Å². The van der Waals surface area contributed by atoms with E-state index >= 15 is 0 Å². The summed E-state index contributed by atoms with van der Waals surface area (Å²) in [6.07, 6.45) is 1.84. The predicted octanol–water partition coefficient (Wildman–Crippen LogP) is 0.986. The van der Waals surface area contributed by atoms with Crippen LogP contribution in [0.15, 0.2) is 29.2 Å². The van der Waals surface area contributed by atoms with Crippen LogP contribution in [0.5, 0.6) is 0 Å². The summed E-state index contributed by atoms with van der Waals surface area (Å²) in [5.74, 6) is 0.403. The van der Waals surface area contributed by atoms with Crippen molar-refractivity contribution in [2.24, 2.45) is 5.73 Å². The first-order valence-electron chi connectivity index (χ1n) is 4.24. The maximum Gasteiger partial charge on any atom is 0.372 e. The summed E-state index contributed by atoms with van der Waals surface area (Å²) in [6.45, 7) is 0. The van der Waals surface area contributed by atoms with Gasteiger partial charge in [-0.1, -0.05) is 23.7 Å². The number of nitrogens with one attached hydrogen (secondary N) is 1. The lowest BCUT2D eigenvalue weighted by Gasteiger charge is -1.94. The molecule has 15 heavy (non-hydrogen) atoms. The summed E-state index contributed by atoms with van der Waals surface area (Å²) in [5.41, 5.74) is 6.58. The Balaban J connectivity index is 2.28. The first-order chi connectivity index (χ1) is 7.15. The van der Waals surface area contributed by atoms with E-state index in [1.54, 1.807) is 12.1 Å². The van der Waals surface area contributed by atoms with E-state index in [2.05, 4.69) is 4.99 Å². The van der Waals surface area contributed by atoms with Crippen molar-refractivity contribution in [2.75, 3.05) is 0 Å². The lowest BCUT2D eigenvalue weighted by molar-refractivity contribution is -0.326. The molecule has 0 saturated heterocycles. The second-order valence-electron chi connectivity index (χ2n) is 2.99. The molecule has 76 valence electrons. The van der Waals surface area contributed by atoms with E-state index in [0.29, 0.717) is 10.9 Å². The second-order valence-corrected chi connectivity index (χ2v) is 4.44. The van der Waals surface area contributed by atoms with Gasteiger partial charge in [-0.15, -0.1) is 0 Å². The van der Waals surface area contributed by atoms with E-state index in [1.165, 1.54) is 0 Å². The molecule has 1 amide bonds. The number of hydrogen-bond donors (Lipinski definition) is 2. The maximum atomic E-state index is 11.0. The molecular formula is C10H8ClN2OS+. The van der Waals surface area contributed by atoms with Gasteiger partial charge in [-0.2, -0.15) is 4.99 Å². The summed E-state index contributed by atoms with van der Waals surface area (Å²) in [5, 5.41) is 0.537. The second kappa shape index (κ2) is 4.08. The number of rotatable bonds is 1. The van der Waals surface area contributed by atoms with Crippen LogP contribution in [0.2, 0.25) is 5.02 Å². The summed E-state index contributed by atoms with van der Waals surface area (Å²) in [6, 6.07) is 7.32. The maximum absolute atomic E-state index is 11.0. The first-order valence-corrected chi connectivity index (χ1v) is 5.43. The molecule has 1 aromatic carbocycles. The van der Waals surface area contributed by atoms with Crippen LogP contribution in [0.25, 0.3) is 6.08 Å². The third-order valence-corrected chi connectivity index (χ3v) is 2.97. The number of hydrogen-bond acceptors (Lipinski definition) is 3. The zero-order valence-corrected chi connectivity index (χ0v) is 9.23. The highest BCUT2D eigenvalue weighted by molar-refractivity contribution is 8.17. The van der Waals surface area contributed by atoms with E-state index in [9.17, 15) is 4.79 Å². The summed E-state index contributed by atoms with van der Waals surface area (Å²) in [7, 11) is 0. The van der Waals surface area contributed by atoms with Crippen molar-refractivity contribution in [3.63, 3.8) is 0 Å². The average molecular weight is 240 g/mol. The van der Waals surface area contributed by atoms with Crippen LogP contribution in [0.3, 0.4) is 0 Å². The van der Waals surface area contributed by atoms with Gasteiger partial charge in [0.2, 0.25) is 0 Å². The third kappa shape index (κ3) is 2.40. The zero-order chi connectivity index (χ0) is 10.8. The fraction of sp³-hybridized carbons (Fsp3) is 0. The lowest BCUT2D eigenvalue weighted by Crippen LogP contribution is -2.74. The zero-order valence-electron chi connectivity index (χ0n) is 7.66. The molecule has 2 rings (SSSR count). The van der Waals surface area contributed by atoms with Gasteiger partial charge in [0.1, 0.15) is 4.91 Å². The van der Waals surface area contributed by atoms with Crippen molar-refractivity contribution in [2.45, 2.75) is 0 Å². The number of thioether (sulfide) groups is 1. The highest BCUT2D eigenvalue weighted by Crippen LogP contribution is 2.21. The molecule has 0 spiro atoms. The molecule has 0 aromatic heterocycles. The Hall–Kier alpha value is -1.26. The van der Waals surface area contributed by atoms with E-state index < -0.39 is 0 Å². The number of amides is 1. The van der Waals surface area contributed by atoms with Crippen molar-refractivity contribution >= 4 is 40.5 Å². The largest absolute Gasteiger partial charge is 0.372 e. The molecule has 5 heteroatoms. The third-order valence-electron chi connectivity index (χ3n) is 1.87. The van der Waals surface area contributed by atoms with Gasteiger partial charge < -0.3 is 0 Å². The fourth-order valence-electron chi connectivity index (χ4n) is 1.17. The van der Waals surface area contributed by atoms with E-state index in [4.69, 9.17) is 17.3 Å². The van der Waals surface area contributed by atoms with Gasteiger partial charge in [0.25, 0.3) is 5.84 Å². The molecule has 1 aromatic rings. The highest BCUT2D eigenvalue weighted by atomic mass is 35.5. The number of carbonyl (C=O) groups is 1. The van der Waals surface area contributed by atoms with Gasteiger partial charge in [0, 0.05) is 16.8 Å². The van der Waals surface area contributed by atoms with Crippen molar-refractivity contribution < 1.29 is 9.79 Å². The number of carbonyl (C=O) groups excluding carboxylic acids is 1. The monoisotopic (exact) mass is 239 g/mol. The van der Waals surface area contributed by atoms with E-state index in [1.807, 2.05) is 18.2 Å². The van der Waals surface area contributed by atoms with Gasteiger partial charge >= 0.3 is 5.24 Å². The van der Waals surface area contributed by atoms with Crippen LogP contribution in [0.4, 0.5) is 4.79 Å². The van der Waals surface area contributed by atoms with Gasteiger partial charge in [-0.3, -0.25) is 5.73 Å². The molecule has 1 aliphatic heterocycles. The van der Waals surface area contributed by atoms with Gasteiger partial charge in [-0.05, 0) is 23.8 Å². The highest BCUT2D eigenvalue weighted by Gasteiger charge is 2.23. The fourth-order valence-corrected chi connectivity index (χ4v) is 2.01. The van der Waals surface area contributed by atoms with Crippen LogP contribution in [-0.4, -0.2) is 11.1 Å². The standard InChI is InChI=1S/C10H7ClN2OS/c11-7-3-1-6(2-4-7)5-8-9(12)13-10(14)15-8/h1-5H,(H2,12,13,14)/p+1/b8-5-. The number of amidine groups is 1. The normalized spacial score (nSPS) is 18.3. The number of halogens is 1. The smallest absolute Gasteiger partial charge is 0.286 e. The molecule has 3 nitrogen and oxygen atoms in total. The van der Waals surface area contributed by atoms with Crippen LogP contribution in [-0.2, 0) is 0 Å². The minimum absolute atomic E-state index is 0.146. The molecule has 0 bridgehead atoms. The van der Waals surface area contributed by atoms with Crippen LogP contribution in [0.1, 0.15) is 5.56 Å². The minimum atomic E-state index is -0.146. The lowest BCUT2D eigenvalue weighted by atomic mass is 10.2. The summed E-state index contributed by atoms with van der Waals surface area (Å²) in [4.78, 5) is 14.3. The summed E-state index contributed by atoms with van der Waals surface area (Å²) < 4.78 is 0. The Morgan fingerprint density at radius 1 is 1.33 bits per heavy atom. The van der Waals surface area contributed by atoms with Crippen molar-refractivity contribution in [1.29, 1.82) is 0 Å². The molecule has 0 saturated carbocycles. The summed E-state index contributed by atoms with van der Waals surface area (Å²) >= 11 is 6.85. The van der Waals surface area contributed by atoms with Crippen LogP contribution < -0.4 is 10.7 Å². The van der Waals surface area contributed by atoms with Gasteiger partial charge in [0.05, 0.1) is 0 Å². The average Bonchev–Trinajstić information content (AvgIpc) is 2.49. The molecule has 0 aliphatic carbocycles. The van der Waals surface area contributed by atoms with Crippen LogP contribution in [0, 0.1) is 0 Å². The molecule has 1 aliphatic rings. The topological polar surface area (TPSA) is 57.1 Å². The predicted molar refractivity (Wildman–Crippen MR) is 62.6 cm³/mol. The van der Waals surface area contributed by atoms with Crippen molar-refractivity contribution in [1.82, 2.24) is 0 Å². The van der Waals surface area contributed by atoms with Crippen molar-refractivity contribution in [3.05, 3.63) is 39.8 Å². The Kier molecular flexibility index (Phi) is 2.79. The first kappa shape index (κ1) is 10.3. The quantitative estimate of drug-likeness (QED) is 0.768. The molecule has 0 unspecified atom stereocenters. The van der Waals surface area contributed by atoms with E-state index in [-0.39, 0.29) is 5.24 Å². The molecule has 0 fully saturated rings. The Morgan fingerprint density at radius 3 is 2.53 bits per heavy atom. The van der Waals surface area contributed by atoms with Crippen LogP contribution >= 0.6 is 23.4 Å². The molecule has 0 atom stereocenters. The Labute approximate surface area is 96.0 Å². The number of benzene rings is 1.